The van der Waals surface area contributed by atoms with Gasteiger partial charge in [0.1, 0.15) is 0 Å². The molecule has 0 aliphatic heterocycles. The molecule has 1 amide bonds. The summed E-state index contributed by atoms with van der Waals surface area (Å²) < 4.78 is 0. The number of hydrogen-bond donors (Lipinski definition) is 2. The number of carbonyl (C=O) groups excluding carboxylic acids is 1. The van der Waals surface area contributed by atoms with Crippen LogP contribution in [0.5, 0.6) is 0 Å². The number of anilines is 2. The van der Waals surface area contributed by atoms with Gasteiger partial charge < -0.3 is 11.1 Å². The molecule has 76 valence electrons. The van der Waals surface area contributed by atoms with Gasteiger partial charge in [0, 0.05) is 12.1 Å². The van der Waals surface area contributed by atoms with Gasteiger partial charge in [0.15, 0.2) is 0 Å². The smallest absolute Gasteiger partial charge is 0.224 e. The molecule has 0 radical (unpaired) electrons. The van der Waals surface area contributed by atoms with E-state index in [0.717, 1.165) is 5.56 Å². The van der Waals surface area contributed by atoms with E-state index in [4.69, 9.17) is 17.3 Å². The van der Waals surface area contributed by atoms with Crippen LogP contribution < -0.4 is 11.1 Å². The van der Waals surface area contributed by atoms with E-state index in [1.807, 2.05) is 6.92 Å². The largest absolute Gasteiger partial charge is 0.399 e. The summed E-state index contributed by atoms with van der Waals surface area (Å²) >= 11 is 5.94. The third kappa shape index (κ3) is 2.39. The fraction of sp³-hybridized carbons (Fsp3) is 0.300. The minimum absolute atomic E-state index is 0.0558. The Kier molecular flexibility index (Phi) is 3.36. The maximum atomic E-state index is 11.2. The van der Waals surface area contributed by atoms with Crippen LogP contribution in [0.15, 0.2) is 12.1 Å². The number of hydrogen-bond acceptors (Lipinski definition) is 2. The Hall–Kier alpha value is -1.22. The van der Waals surface area contributed by atoms with Gasteiger partial charge in [-0.05, 0) is 24.6 Å². The zero-order valence-electron chi connectivity index (χ0n) is 8.23. The van der Waals surface area contributed by atoms with Crippen LogP contribution >= 0.6 is 11.6 Å². The summed E-state index contributed by atoms with van der Waals surface area (Å²) in [5, 5.41) is 3.21. The van der Waals surface area contributed by atoms with Crippen molar-refractivity contribution in [1.82, 2.24) is 0 Å². The highest BCUT2D eigenvalue weighted by Crippen LogP contribution is 2.28. The van der Waals surface area contributed by atoms with Gasteiger partial charge in [-0.15, -0.1) is 0 Å². The lowest BCUT2D eigenvalue weighted by Gasteiger charge is -2.10. The third-order valence-electron chi connectivity index (χ3n) is 1.90. The van der Waals surface area contributed by atoms with Crippen molar-refractivity contribution in [1.29, 1.82) is 0 Å². The van der Waals surface area contributed by atoms with E-state index in [2.05, 4.69) is 5.32 Å². The molecule has 0 aromatic heterocycles. The number of aryl methyl sites for hydroxylation is 1. The van der Waals surface area contributed by atoms with Crippen LogP contribution in [0.2, 0.25) is 5.02 Å². The summed E-state index contributed by atoms with van der Waals surface area (Å²) in [7, 11) is 0. The van der Waals surface area contributed by atoms with Crippen LogP contribution in [0.3, 0.4) is 0 Å². The highest BCUT2D eigenvalue weighted by Gasteiger charge is 2.07. The SMILES string of the molecule is CCC(=O)Nc1c(C)cc(N)cc1Cl. The monoisotopic (exact) mass is 212 g/mol. The van der Waals surface area contributed by atoms with Crippen LogP contribution in [0.1, 0.15) is 18.9 Å². The van der Waals surface area contributed by atoms with Crippen LogP contribution in [-0.2, 0) is 4.79 Å². The molecule has 0 bridgehead atoms. The Morgan fingerprint density at radius 1 is 1.57 bits per heavy atom. The quantitative estimate of drug-likeness (QED) is 0.741. The molecule has 3 N–H and O–H groups in total. The molecular formula is C10H13ClN2O. The lowest BCUT2D eigenvalue weighted by molar-refractivity contribution is -0.115. The second-order valence-electron chi connectivity index (χ2n) is 3.10. The Morgan fingerprint density at radius 3 is 2.71 bits per heavy atom. The number of halogens is 1. The summed E-state index contributed by atoms with van der Waals surface area (Å²) in [6.45, 7) is 3.64. The van der Waals surface area contributed by atoms with Crippen molar-refractivity contribution in [3.63, 3.8) is 0 Å². The first-order chi connectivity index (χ1) is 6.54. The standard InChI is InChI=1S/C10H13ClN2O/c1-3-9(14)13-10-6(2)4-7(12)5-8(10)11/h4-5H,3,12H2,1-2H3,(H,13,14). The summed E-state index contributed by atoms with van der Waals surface area (Å²) in [5.41, 5.74) is 7.71. The van der Waals surface area contributed by atoms with E-state index in [0.29, 0.717) is 22.8 Å². The Labute approximate surface area is 88.2 Å². The van der Waals surface area contributed by atoms with Crippen LogP contribution in [0.4, 0.5) is 11.4 Å². The normalized spacial score (nSPS) is 9.93. The first kappa shape index (κ1) is 10.9. The van der Waals surface area contributed by atoms with Gasteiger partial charge in [-0.3, -0.25) is 4.79 Å². The van der Waals surface area contributed by atoms with E-state index < -0.39 is 0 Å². The lowest BCUT2D eigenvalue weighted by Crippen LogP contribution is -2.11. The molecule has 0 heterocycles. The lowest BCUT2D eigenvalue weighted by atomic mass is 10.1. The molecule has 1 aromatic rings. The minimum Gasteiger partial charge on any atom is -0.399 e. The van der Waals surface area contributed by atoms with E-state index >= 15 is 0 Å². The van der Waals surface area contributed by atoms with E-state index in [9.17, 15) is 4.79 Å². The number of benzene rings is 1. The number of carbonyl (C=O) groups is 1. The average Bonchev–Trinajstić information content (AvgIpc) is 2.10. The number of nitrogens with two attached hydrogens (primary N) is 1. The highest BCUT2D eigenvalue weighted by molar-refractivity contribution is 6.34. The Morgan fingerprint density at radius 2 is 2.21 bits per heavy atom. The van der Waals surface area contributed by atoms with Gasteiger partial charge in [-0.25, -0.2) is 0 Å². The molecule has 0 spiro atoms. The van der Waals surface area contributed by atoms with Crippen molar-refractivity contribution in [2.24, 2.45) is 0 Å². The molecule has 1 aromatic carbocycles. The maximum Gasteiger partial charge on any atom is 0.224 e. The molecule has 3 nitrogen and oxygen atoms in total. The molecular weight excluding hydrogens is 200 g/mol. The zero-order valence-corrected chi connectivity index (χ0v) is 8.98. The number of amides is 1. The van der Waals surface area contributed by atoms with Gasteiger partial charge in [-0.2, -0.15) is 0 Å². The Bertz CT molecular complexity index is 340. The maximum absolute atomic E-state index is 11.2. The first-order valence-corrected chi connectivity index (χ1v) is 4.78. The van der Waals surface area contributed by atoms with Gasteiger partial charge in [0.2, 0.25) is 5.91 Å². The summed E-state index contributed by atoms with van der Waals surface area (Å²) in [6.07, 6.45) is 0.431. The fourth-order valence-electron chi connectivity index (χ4n) is 1.16. The predicted octanol–water partition coefficient (Wildman–Crippen LogP) is 2.58. The third-order valence-corrected chi connectivity index (χ3v) is 2.19. The average molecular weight is 213 g/mol. The van der Waals surface area contributed by atoms with Crippen molar-refractivity contribution >= 4 is 28.9 Å². The molecule has 0 aliphatic carbocycles. The molecule has 0 aliphatic rings. The topological polar surface area (TPSA) is 55.1 Å². The van der Waals surface area contributed by atoms with Crippen molar-refractivity contribution < 1.29 is 4.79 Å². The molecule has 0 atom stereocenters. The number of rotatable bonds is 2. The summed E-state index contributed by atoms with van der Waals surface area (Å²) in [6, 6.07) is 3.40. The van der Waals surface area contributed by atoms with Gasteiger partial charge in [0.25, 0.3) is 0 Å². The van der Waals surface area contributed by atoms with Crippen LogP contribution in [0.25, 0.3) is 0 Å². The highest BCUT2D eigenvalue weighted by atomic mass is 35.5. The van der Waals surface area contributed by atoms with E-state index in [-0.39, 0.29) is 5.91 Å². The first-order valence-electron chi connectivity index (χ1n) is 4.40. The van der Waals surface area contributed by atoms with E-state index in [1.165, 1.54) is 0 Å². The second-order valence-corrected chi connectivity index (χ2v) is 3.50. The molecule has 0 unspecified atom stereocenters. The van der Waals surface area contributed by atoms with Crippen molar-refractivity contribution in [3.8, 4) is 0 Å². The minimum atomic E-state index is -0.0558. The molecule has 4 heteroatoms. The van der Waals surface area contributed by atoms with Gasteiger partial charge in [-0.1, -0.05) is 18.5 Å². The summed E-state index contributed by atoms with van der Waals surface area (Å²) in [4.78, 5) is 11.2. The van der Waals surface area contributed by atoms with Crippen LogP contribution in [-0.4, -0.2) is 5.91 Å². The van der Waals surface area contributed by atoms with E-state index in [1.54, 1.807) is 19.1 Å². The zero-order chi connectivity index (χ0) is 10.7. The van der Waals surface area contributed by atoms with Gasteiger partial charge >= 0.3 is 0 Å². The predicted molar refractivity (Wildman–Crippen MR) is 59.5 cm³/mol. The molecule has 0 saturated carbocycles. The van der Waals surface area contributed by atoms with Crippen molar-refractivity contribution in [2.45, 2.75) is 20.3 Å². The van der Waals surface area contributed by atoms with Crippen molar-refractivity contribution in [3.05, 3.63) is 22.7 Å². The van der Waals surface area contributed by atoms with Crippen LogP contribution in [0, 0.1) is 6.92 Å². The molecule has 14 heavy (non-hydrogen) atoms. The molecule has 1 rings (SSSR count). The molecule has 0 saturated heterocycles. The van der Waals surface area contributed by atoms with Crippen molar-refractivity contribution in [2.75, 3.05) is 11.1 Å². The Balaban J connectivity index is 3.02. The summed E-state index contributed by atoms with van der Waals surface area (Å²) in [5.74, 6) is -0.0558. The number of nitrogens with one attached hydrogen (secondary N) is 1. The second kappa shape index (κ2) is 4.33. The molecule has 0 fully saturated rings. The number of nitrogen functional groups attached to an aromatic ring is 1. The van der Waals surface area contributed by atoms with Gasteiger partial charge in [0.05, 0.1) is 10.7 Å². The fourth-order valence-corrected chi connectivity index (χ4v) is 1.48.